The van der Waals surface area contributed by atoms with Gasteiger partial charge in [0.1, 0.15) is 30.5 Å². The van der Waals surface area contributed by atoms with Gasteiger partial charge in [-0.25, -0.2) is 0 Å². The third kappa shape index (κ3) is 10.9. The summed E-state index contributed by atoms with van der Waals surface area (Å²) in [6, 6.07) is 0. The van der Waals surface area contributed by atoms with Crippen LogP contribution >= 0.6 is 0 Å². The third-order valence-electron chi connectivity index (χ3n) is 5.64. The van der Waals surface area contributed by atoms with Gasteiger partial charge in [-0.1, -0.05) is 63.3 Å². The normalized spacial score (nSPS) is 27.9. The second-order valence-corrected chi connectivity index (χ2v) is 8.35. The van der Waals surface area contributed by atoms with E-state index in [1.807, 2.05) is 0 Å². The molecule has 7 heteroatoms. The number of hydrogen-bond donors (Lipinski definition) is 5. The van der Waals surface area contributed by atoms with Gasteiger partial charge >= 0.3 is 0 Å². The minimum Gasteiger partial charge on any atom is -0.387 e. The first-order valence-electron chi connectivity index (χ1n) is 11.8. The third-order valence-corrected chi connectivity index (χ3v) is 5.64. The number of aliphatic hydroxyl groups excluding tert-OH is 5. The van der Waals surface area contributed by atoms with Crippen LogP contribution in [0.2, 0.25) is 0 Å². The maximum absolute atomic E-state index is 12.1. The standard InChI is InChI=1S/C24H42O7/c1-2-3-4-5-6-7-8-9-10-11-12-13-14-15-16-17-18(25)19(26)23-21(28)20(27)22(29)24(30)31-23/h6-7,9-10,19-24,26-30H,2-5,8,11-17H2,1H3/t19?,20-,21-,22+,23+,24-/m0/s1. The van der Waals surface area contributed by atoms with Gasteiger partial charge in [0, 0.05) is 6.42 Å². The van der Waals surface area contributed by atoms with Gasteiger partial charge in [0.25, 0.3) is 0 Å². The van der Waals surface area contributed by atoms with E-state index < -0.39 is 42.6 Å². The molecule has 1 fully saturated rings. The zero-order valence-corrected chi connectivity index (χ0v) is 18.8. The highest BCUT2D eigenvalue weighted by Crippen LogP contribution is 2.23. The van der Waals surface area contributed by atoms with E-state index in [4.69, 9.17) is 4.74 Å². The molecule has 0 radical (unpaired) electrons. The number of ether oxygens (including phenoxy) is 1. The lowest BCUT2D eigenvalue weighted by Gasteiger charge is -2.39. The quantitative estimate of drug-likeness (QED) is 0.184. The predicted octanol–water partition coefficient (Wildman–Crippen LogP) is 2.53. The zero-order valence-electron chi connectivity index (χ0n) is 18.8. The van der Waals surface area contributed by atoms with Crippen LogP contribution in [0.3, 0.4) is 0 Å². The molecular weight excluding hydrogens is 400 g/mol. The van der Waals surface area contributed by atoms with Crippen LogP contribution in [-0.2, 0) is 9.53 Å². The van der Waals surface area contributed by atoms with Crippen molar-refractivity contribution in [1.82, 2.24) is 0 Å². The summed E-state index contributed by atoms with van der Waals surface area (Å²) in [6.45, 7) is 2.21. The Morgan fingerprint density at radius 1 is 0.806 bits per heavy atom. The van der Waals surface area contributed by atoms with Crippen LogP contribution in [0.25, 0.3) is 0 Å². The number of allylic oxidation sites excluding steroid dienone is 4. The maximum atomic E-state index is 12.1. The van der Waals surface area contributed by atoms with E-state index in [-0.39, 0.29) is 6.42 Å². The van der Waals surface area contributed by atoms with Gasteiger partial charge in [-0.2, -0.15) is 0 Å². The van der Waals surface area contributed by atoms with Gasteiger partial charge < -0.3 is 30.3 Å². The van der Waals surface area contributed by atoms with E-state index in [0.29, 0.717) is 6.42 Å². The summed E-state index contributed by atoms with van der Waals surface area (Å²) < 4.78 is 4.91. The molecule has 1 aliphatic rings. The van der Waals surface area contributed by atoms with Crippen molar-refractivity contribution in [1.29, 1.82) is 0 Å². The molecule has 1 heterocycles. The van der Waals surface area contributed by atoms with Crippen molar-refractivity contribution in [3.63, 3.8) is 0 Å². The Morgan fingerprint density at radius 3 is 2.03 bits per heavy atom. The molecule has 0 aromatic heterocycles. The summed E-state index contributed by atoms with van der Waals surface area (Å²) in [5, 5.41) is 48.6. The summed E-state index contributed by atoms with van der Waals surface area (Å²) in [5.41, 5.74) is 0. The lowest BCUT2D eigenvalue weighted by molar-refractivity contribution is -0.294. The Morgan fingerprint density at radius 2 is 1.39 bits per heavy atom. The molecular formula is C24H42O7. The van der Waals surface area contributed by atoms with E-state index in [0.717, 1.165) is 38.5 Å². The molecule has 0 aromatic rings. The van der Waals surface area contributed by atoms with Crippen molar-refractivity contribution >= 4 is 5.78 Å². The minimum atomic E-state index is -1.76. The van der Waals surface area contributed by atoms with Gasteiger partial charge in [0.2, 0.25) is 0 Å². The molecule has 31 heavy (non-hydrogen) atoms. The van der Waals surface area contributed by atoms with Crippen LogP contribution in [0.15, 0.2) is 24.3 Å². The summed E-state index contributed by atoms with van der Waals surface area (Å²) in [7, 11) is 0. The fraction of sp³-hybridized carbons (Fsp3) is 0.792. The molecule has 0 amide bonds. The average molecular weight is 443 g/mol. The van der Waals surface area contributed by atoms with Crippen LogP contribution in [0.1, 0.15) is 84.0 Å². The van der Waals surface area contributed by atoms with E-state index >= 15 is 0 Å². The molecule has 6 atom stereocenters. The smallest absolute Gasteiger partial charge is 0.184 e. The summed E-state index contributed by atoms with van der Waals surface area (Å²) in [6.07, 6.45) is 10.8. The highest BCUT2D eigenvalue weighted by molar-refractivity contribution is 5.83. The SMILES string of the molecule is CCCCCC=CCC=CCCCCCCCC(=O)C(O)[C@H]1O[C@H](O)[C@H](O)[C@@H](O)[C@@H]1O. The van der Waals surface area contributed by atoms with Crippen LogP contribution in [-0.4, -0.2) is 68.1 Å². The number of rotatable bonds is 16. The lowest BCUT2D eigenvalue weighted by atomic mass is 9.92. The van der Waals surface area contributed by atoms with Crippen molar-refractivity contribution in [2.45, 2.75) is 121 Å². The zero-order chi connectivity index (χ0) is 23.1. The van der Waals surface area contributed by atoms with E-state index in [9.17, 15) is 30.3 Å². The Kier molecular flexibility index (Phi) is 14.9. The fourth-order valence-electron chi connectivity index (χ4n) is 3.59. The molecule has 5 N–H and O–H groups in total. The number of hydrogen-bond acceptors (Lipinski definition) is 7. The molecule has 0 spiro atoms. The average Bonchev–Trinajstić information content (AvgIpc) is 2.76. The van der Waals surface area contributed by atoms with Crippen LogP contribution in [0.4, 0.5) is 0 Å². The molecule has 0 aliphatic carbocycles. The van der Waals surface area contributed by atoms with Crippen molar-refractivity contribution in [2.75, 3.05) is 0 Å². The molecule has 1 unspecified atom stereocenters. The van der Waals surface area contributed by atoms with Crippen LogP contribution in [0, 0.1) is 0 Å². The lowest BCUT2D eigenvalue weighted by Crippen LogP contribution is -2.61. The molecule has 1 saturated heterocycles. The number of carbonyl (C=O) groups is 1. The van der Waals surface area contributed by atoms with Crippen molar-refractivity contribution in [2.24, 2.45) is 0 Å². The molecule has 0 saturated carbocycles. The largest absolute Gasteiger partial charge is 0.387 e. The molecule has 7 nitrogen and oxygen atoms in total. The maximum Gasteiger partial charge on any atom is 0.184 e. The van der Waals surface area contributed by atoms with Gasteiger partial charge in [-0.15, -0.1) is 0 Å². The van der Waals surface area contributed by atoms with Gasteiger partial charge in [-0.3, -0.25) is 4.79 Å². The Hall–Kier alpha value is -1.09. The Balaban J connectivity index is 2.07. The molecule has 0 bridgehead atoms. The number of Topliss-reactive ketones (excluding diaryl/α,β-unsaturated/α-hetero) is 1. The summed E-state index contributed by atoms with van der Waals surface area (Å²) >= 11 is 0. The van der Waals surface area contributed by atoms with E-state index in [1.165, 1.54) is 25.7 Å². The number of unbranched alkanes of at least 4 members (excludes halogenated alkanes) is 8. The molecule has 1 rings (SSSR count). The second-order valence-electron chi connectivity index (χ2n) is 8.35. The number of ketones is 1. The second kappa shape index (κ2) is 16.5. The van der Waals surface area contributed by atoms with Crippen LogP contribution < -0.4 is 0 Å². The molecule has 1 aliphatic heterocycles. The van der Waals surface area contributed by atoms with E-state index in [2.05, 4.69) is 31.2 Å². The Bertz CT molecular complexity index is 534. The first-order chi connectivity index (χ1) is 14.9. The topological polar surface area (TPSA) is 127 Å². The first kappa shape index (κ1) is 27.9. The summed E-state index contributed by atoms with van der Waals surface area (Å²) in [4.78, 5) is 12.1. The monoisotopic (exact) mass is 442 g/mol. The molecule has 0 aromatic carbocycles. The highest BCUT2D eigenvalue weighted by Gasteiger charge is 2.47. The van der Waals surface area contributed by atoms with Crippen LogP contribution in [0.5, 0.6) is 0 Å². The van der Waals surface area contributed by atoms with Crippen molar-refractivity contribution in [3.8, 4) is 0 Å². The van der Waals surface area contributed by atoms with Crippen molar-refractivity contribution < 1.29 is 35.1 Å². The fourth-order valence-corrected chi connectivity index (χ4v) is 3.59. The van der Waals surface area contributed by atoms with Gasteiger partial charge in [0.05, 0.1) is 0 Å². The predicted molar refractivity (Wildman–Crippen MR) is 119 cm³/mol. The van der Waals surface area contributed by atoms with Gasteiger partial charge in [-0.05, 0) is 38.5 Å². The first-order valence-corrected chi connectivity index (χ1v) is 11.8. The minimum absolute atomic E-state index is 0.132. The number of aliphatic hydroxyl groups is 5. The highest BCUT2D eigenvalue weighted by atomic mass is 16.6. The molecule has 180 valence electrons. The summed E-state index contributed by atoms with van der Waals surface area (Å²) in [5.74, 6) is -0.509. The van der Waals surface area contributed by atoms with E-state index in [1.54, 1.807) is 0 Å². The van der Waals surface area contributed by atoms with Crippen molar-refractivity contribution in [3.05, 3.63) is 24.3 Å². The van der Waals surface area contributed by atoms with Gasteiger partial charge in [0.15, 0.2) is 12.1 Å². The Labute approximate surface area is 186 Å². The number of carbonyl (C=O) groups excluding carboxylic acids is 1.